The summed E-state index contributed by atoms with van der Waals surface area (Å²) in [6, 6.07) is 6.96. The quantitative estimate of drug-likeness (QED) is 0.672. The molecule has 27 heavy (non-hydrogen) atoms. The number of nitrogens with two attached hydrogens (primary N) is 1. The van der Waals surface area contributed by atoms with Crippen LogP contribution >= 0.6 is 12.4 Å². The summed E-state index contributed by atoms with van der Waals surface area (Å²) < 4.78 is 16.2. The van der Waals surface area contributed by atoms with Crippen molar-refractivity contribution in [3.05, 3.63) is 41.0 Å². The molecule has 0 radical (unpaired) electrons. The molecule has 6 nitrogen and oxygen atoms in total. The zero-order valence-corrected chi connectivity index (χ0v) is 16.5. The minimum absolute atomic E-state index is 0. The van der Waals surface area contributed by atoms with Crippen LogP contribution in [0.5, 0.6) is 28.7 Å². The SMILES string of the molecule is COc1cc(C[C@@H]2CCc3c(ccc(O)c3O)[C@H]2N)cc(OC)c1OC.Cl. The Morgan fingerprint density at radius 1 is 1.04 bits per heavy atom. The molecule has 2 atom stereocenters. The molecule has 0 saturated carbocycles. The van der Waals surface area contributed by atoms with Crippen LogP contribution in [0.4, 0.5) is 0 Å². The van der Waals surface area contributed by atoms with E-state index in [4.69, 9.17) is 19.9 Å². The number of benzene rings is 2. The monoisotopic (exact) mass is 395 g/mol. The predicted molar refractivity (Wildman–Crippen MR) is 106 cm³/mol. The highest BCUT2D eigenvalue weighted by atomic mass is 35.5. The topological polar surface area (TPSA) is 94.2 Å². The summed E-state index contributed by atoms with van der Waals surface area (Å²) >= 11 is 0. The summed E-state index contributed by atoms with van der Waals surface area (Å²) in [5.41, 5.74) is 9.16. The Morgan fingerprint density at radius 2 is 1.67 bits per heavy atom. The fraction of sp³-hybridized carbons (Fsp3) is 0.400. The van der Waals surface area contributed by atoms with Gasteiger partial charge in [-0.3, -0.25) is 0 Å². The lowest BCUT2D eigenvalue weighted by Crippen LogP contribution is -2.28. The highest BCUT2D eigenvalue weighted by Gasteiger charge is 2.30. The summed E-state index contributed by atoms with van der Waals surface area (Å²) in [5, 5.41) is 19.8. The second-order valence-electron chi connectivity index (χ2n) is 6.56. The highest BCUT2D eigenvalue weighted by Crippen LogP contribution is 2.44. The van der Waals surface area contributed by atoms with E-state index < -0.39 is 0 Å². The van der Waals surface area contributed by atoms with Crippen LogP contribution < -0.4 is 19.9 Å². The van der Waals surface area contributed by atoms with Gasteiger partial charge in [0.2, 0.25) is 5.75 Å². The average Bonchev–Trinajstić information content (AvgIpc) is 2.66. The lowest BCUT2D eigenvalue weighted by molar-refractivity contribution is 0.321. The third-order valence-electron chi connectivity index (χ3n) is 5.15. The summed E-state index contributed by atoms with van der Waals surface area (Å²) in [5.74, 6) is 1.86. The average molecular weight is 396 g/mol. The first kappa shape index (κ1) is 21.0. The van der Waals surface area contributed by atoms with Crippen LogP contribution in [0.25, 0.3) is 0 Å². The van der Waals surface area contributed by atoms with E-state index >= 15 is 0 Å². The molecule has 2 aromatic rings. The van der Waals surface area contributed by atoms with Gasteiger partial charge in [0.1, 0.15) is 0 Å². The number of hydrogen-bond acceptors (Lipinski definition) is 6. The van der Waals surface area contributed by atoms with E-state index in [9.17, 15) is 10.2 Å². The zero-order chi connectivity index (χ0) is 18.8. The van der Waals surface area contributed by atoms with Crippen molar-refractivity contribution in [1.82, 2.24) is 0 Å². The molecule has 1 aliphatic rings. The third-order valence-corrected chi connectivity index (χ3v) is 5.15. The molecule has 0 fully saturated rings. The molecular formula is C20H26ClNO5. The largest absolute Gasteiger partial charge is 0.504 e. The maximum atomic E-state index is 10.1. The van der Waals surface area contributed by atoms with Crippen molar-refractivity contribution in [2.45, 2.75) is 25.3 Å². The van der Waals surface area contributed by atoms with E-state index in [0.717, 1.165) is 29.5 Å². The van der Waals surface area contributed by atoms with Gasteiger partial charge in [-0.2, -0.15) is 0 Å². The van der Waals surface area contributed by atoms with Gasteiger partial charge in [0, 0.05) is 11.6 Å². The Hall–Kier alpha value is -2.31. The van der Waals surface area contributed by atoms with Crippen LogP contribution in [0, 0.1) is 5.92 Å². The molecule has 0 aliphatic heterocycles. The van der Waals surface area contributed by atoms with Crippen molar-refractivity contribution >= 4 is 12.4 Å². The van der Waals surface area contributed by atoms with Gasteiger partial charge in [0.15, 0.2) is 23.0 Å². The van der Waals surface area contributed by atoms with E-state index in [-0.39, 0.29) is 35.9 Å². The number of rotatable bonds is 5. The minimum Gasteiger partial charge on any atom is -0.504 e. The Morgan fingerprint density at radius 3 is 2.22 bits per heavy atom. The Labute approximate surface area is 165 Å². The first-order valence-corrected chi connectivity index (χ1v) is 8.58. The molecule has 0 aromatic heterocycles. The van der Waals surface area contributed by atoms with Crippen LogP contribution in [0.15, 0.2) is 24.3 Å². The fourth-order valence-electron chi connectivity index (χ4n) is 3.76. The van der Waals surface area contributed by atoms with Crippen LogP contribution in [-0.4, -0.2) is 31.5 Å². The molecule has 0 amide bonds. The van der Waals surface area contributed by atoms with Gasteiger partial charge in [0.05, 0.1) is 21.3 Å². The van der Waals surface area contributed by atoms with Gasteiger partial charge in [0.25, 0.3) is 0 Å². The highest BCUT2D eigenvalue weighted by molar-refractivity contribution is 5.85. The zero-order valence-electron chi connectivity index (χ0n) is 15.7. The van der Waals surface area contributed by atoms with E-state index in [1.165, 1.54) is 6.07 Å². The van der Waals surface area contributed by atoms with Crippen molar-refractivity contribution in [2.75, 3.05) is 21.3 Å². The summed E-state index contributed by atoms with van der Waals surface area (Å²) in [6.45, 7) is 0. The molecule has 0 saturated heterocycles. The number of hydrogen-bond donors (Lipinski definition) is 3. The molecule has 148 valence electrons. The number of aromatic hydroxyl groups is 2. The summed E-state index contributed by atoms with van der Waals surface area (Å²) in [6.07, 6.45) is 2.25. The number of ether oxygens (including phenoxy) is 3. The van der Waals surface area contributed by atoms with Crippen LogP contribution in [0.3, 0.4) is 0 Å². The third kappa shape index (κ3) is 3.87. The van der Waals surface area contributed by atoms with Crippen molar-refractivity contribution in [2.24, 2.45) is 11.7 Å². The normalized spacial score (nSPS) is 18.2. The van der Waals surface area contributed by atoms with Crippen molar-refractivity contribution in [3.63, 3.8) is 0 Å². The Kier molecular flexibility index (Phi) is 6.68. The lowest BCUT2D eigenvalue weighted by Gasteiger charge is -2.32. The molecule has 0 spiro atoms. The number of phenolic OH excluding ortho intramolecular Hbond substituents is 2. The fourth-order valence-corrected chi connectivity index (χ4v) is 3.76. The summed E-state index contributed by atoms with van der Waals surface area (Å²) in [7, 11) is 4.77. The number of halogens is 1. The number of fused-ring (bicyclic) bond motifs is 1. The number of methoxy groups -OCH3 is 3. The lowest BCUT2D eigenvalue weighted by atomic mass is 9.77. The summed E-state index contributed by atoms with van der Waals surface area (Å²) in [4.78, 5) is 0. The van der Waals surface area contributed by atoms with Gasteiger partial charge >= 0.3 is 0 Å². The van der Waals surface area contributed by atoms with Gasteiger partial charge < -0.3 is 30.2 Å². The number of phenols is 2. The van der Waals surface area contributed by atoms with Crippen molar-refractivity contribution in [3.8, 4) is 28.7 Å². The van der Waals surface area contributed by atoms with Crippen LogP contribution in [0.2, 0.25) is 0 Å². The molecular weight excluding hydrogens is 370 g/mol. The molecule has 7 heteroatoms. The molecule has 0 heterocycles. The van der Waals surface area contributed by atoms with Gasteiger partial charge in [-0.05, 0) is 54.5 Å². The molecule has 4 N–H and O–H groups in total. The Bertz CT molecular complexity index is 786. The molecule has 1 aliphatic carbocycles. The van der Waals surface area contributed by atoms with E-state index in [1.807, 2.05) is 12.1 Å². The molecule has 2 aromatic carbocycles. The van der Waals surface area contributed by atoms with E-state index in [1.54, 1.807) is 27.4 Å². The van der Waals surface area contributed by atoms with Gasteiger partial charge in [-0.1, -0.05) is 6.07 Å². The van der Waals surface area contributed by atoms with E-state index in [0.29, 0.717) is 23.7 Å². The smallest absolute Gasteiger partial charge is 0.203 e. The van der Waals surface area contributed by atoms with Crippen LogP contribution in [-0.2, 0) is 12.8 Å². The van der Waals surface area contributed by atoms with Crippen molar-refractivity contribution in [1.29, 1.82) is 0 Å². The Balaban J connectivity index is 0.00000261. The van der Waals surface area contributed by atoms with Gasteiger partial charge in [-0.25, -0.2) is 0 Å². The van der Waals surface area contributed by atoms with Gasteiger partial charge in [-0.15, -0.1) is 12.4 Å². The standard InChI is InChI=1S/C20H25NO5.ClH/c1-24-16-9-11(10-17(25-2)20(16)26-3)8-12-4-5-14-13(18(12)21)6-7-15(22)19(14)23;/h6-7,9-10,12,18,22-23H,4-5,8,21H2,1-3H3;1H/t12-,18-;/m0./s1. The molecule has 0 unspecified atom stereocenters. The van der Waals surface area contributed by atoms with Crippen molar-refractivity contribution < 1.29 is 24.4 Å². The molecule has 0 bridgehead atoms. The van der Waals surface area contributed by atoms with Crippen LogP contribution in [0.1, 0.15) is 29.2 Å². The molecule has 3 rings (SSSR count). The predicted octanol–water partition coefficient (Wildman–Crippen LogP) is 3.35. The maximum absolute atomic E-state index is 10.1. The maximum Gasteiger partial charge on any atom is 0.203 e. The second kappa shape index (κ2) is 8.59. The first-order chi connectivity index (χ1) is 12.5. The van der Waals surface area contributed by atoms with E-state index in [2.05, 4.69) is 0 Å². The second-order valence-corrected chi connectivity index (χ2v) is 6.56. The minimum atomic E-state index is -0.218. The first-order valence-electron chi connectivity index (χ1n) is 8.58.